The summed E-state index contributed by atoms with van der Waals surface area (Å²) < 4.78 is 1.64. The van der Waals surface area contributed by atoms with Crippen molar-refractivity contribution >= 4 is 5.91 Å². The Morgan fingerprint density at radius 2 is 2.00 bits per heavy atom. The van der Waals surface area contributed by atoms with E-state index < -0.39 is 5.60 Å². The third-order valence-electron chi connectivity index (χ3n) is 4.87. The lowest BCUT2D eigenvalue weighted by atomic mass is 9.96. The van der Waals surface area contributed by atoms with Crippen molar-refractivity contribution in [1.29, 1.82) is 0 Å². The molecule has 1 aliphatic carbocycles. The summed E-state index contributed by atoms with van der Waals surface area (Å²) in [6.07, 6.45) is 3.08. The van der Waals surface area contributed by atoms with Gasteiger partial charge in [0.15, 0.2) is 5.82 Å². The molecule has 4 rings (SSSR count). The van der Waals surface area contributed by atoms with Gasteiger partial charge in [-0.25, -0.2) is 4.98 Å². The first-order valence-electron chi connectivity index (χ1n) is 8.60. The zero-order valence-electron chi connectivity index (χ0n) is 14.5. The van der Waals surface area contributed by atoms with E-state index in [0.717, 1.165) is 23.1 Å². The van der Waals surface area contributed by atoms with Gasteiger partial charge in [0.1, 0.15) is 11.9 Å². The molecule has 2 aromatic carbocycles. The molecule has 0 fully saturated rings. The van der Waals surface area contributed by atoms with Gasteiger partial charge < -0.3 is 10.4 Å². The van der Waals surface area contributed by atoms with Gasteiger partial charge in [-0.15, -0.1) is 0 Å². The maximum absolute atomic E-state index is 12.4. The summed E-state index contributed by atoms with van der Waals surface area (Å²) in [5, 5.41) is 18.0. The van der Waals surface area contributed by atoms with E-state index in [-0.39, 0.29) is 12.5 Å². The number of aryl methyl sites for hydroxylation is 2. The number of carbonyl (C=O) groups is 1. The van der Waals surface area contributed by atoms with Crippen LogP contribution in [0.5, 0.6) is 0 Å². The van der Waals surface area contributed by atoms with Gasteiger partial charge in [-0.05, 0) is 36.1 Å². The molecule has 3 aromatic rings. The molecule has 1 atom stereocenters. The highest BCUT2D eigenvalue weighted by atomic mass is 16.3. The van der Waals surface area contributed by atoms with Crippen molar-refractivity contribution in [3.05, 3.63) is 71.5 Å². The predicted octanol–water partition coefficient (Wildman–Crippen LogP) is 2.05. The average molecular weight is 348 g/mol. The van der Waals surface area contributed by atoms with Gasteiger partial charge in [-0.1, -0.05) is 36.4 Å². The predicted molar refractivity (Wildman–Crippen MR) is 97.4 cm³/mol. The second-order valence-electron chi connectivity index (χ2n) is 6.69. The Labute approximate surface area is 151 Å². The molecule has 0 spiro atoms. The van der Waals surface area contributed by atoms with Crippen molar-refractivity contribution in [3.63, 3.8) is 0 Å². The number of rotatable bonds is 4. The Kier molecular flexibility index (Phi) is 4.05. The number of aliphatic hydroxyl groups is 1. The molecule has 0 bridgehead atoms. The molecule has 6 nitrogen and oxygen atoms in total. The highest BCUT2D eigenvalue weighted by molar-refractivity contribution is 5.94. The first-order valence-corrected chi connectivity index (χ1v) is 8.60. The van der Waals surface area contributed by atoms with E-state index in [1.165, 1.54) is 0 Å². The normalized spacial score (nSPS) is 18.5. The van der Waals surface area contributed by atoms with Crippen LogP contribution in [-0.2, 0) is 19.1 Å². The molecule has 6 heteroatoms. The van der Waals surface area contributed by atoms with Crippen LogP contribution in [0.2, 0.25) is 0 Å². The van der Waals surface area contributed by atoms with Crippen molar-refractivity contribution in [2.45, 2.75) is 18.4 Å². The molecule has 1 heterocycles. The van der Waals surface area contributed by atoms with Gasteiger partial charge in [-0.3, -0.25) is 9.48 Å². The number of amides is 1. The molecular weight excluding hydrogens is 328 g/mol. The quantitative estimate of drug-likeness (QED) is 0.756. The van der Waals surface area contributed by atoms with Crippen molar-refractivity contribution in [3.8, 4) is 11.4 Å². The Bertz CT molecular complexity index is 948. The monoisotopic (exact) mass is 348 g/mol. The van der Waals surface area contributed by atoms with Crippen LogP contribution < -0.4 is 5.32 Å². The van der Waals surface area contributed by atoms with Crippen LogP contribution in [0.15, 0.2) is 54.9 Å². The number of benzene rings is 2. The molecule has 1 aliphatic rings. The van der Waals surface area contributed by atoms with Gasteiger partial charge >= 0.3 is 0 Å². The smallest absolute Gasteiger partial charge is 0.251 e. The van der Waals surface area contributed by atoms with Gasteiger partial charge in [0, 0.05) is 18.2 Å². The molecule has 0 saturated carbocycles. The Hall–Kier alpha value is -2.99. The second kappa shape index (κ2) is 6.38. The third-order valence-corrected chi connectivity index (χ3v) is 4.87. The van der Waals surface area contributed by atoms with Crippen molar-refractivity contribution in [1.82, 2.24) is 20.1 Å². The van der Waals surface area contributed by atoms with Gasteiger partial charge in [0.05, 0.1) is 6.54 Å². The Morgan fingerprint density at radius 1 is 1.23 bits per heavy atom. The third kappa shape index (κ3) is 2.99. The van der Waals surface area contributed by atoms with E-state index in [1.807, 2.05) is 43.4 Å². The highest BCUT2D eigenvalue weighted by Gasteiger charge is 2.36. The highest BCUT2D eigenvalue weighted by Crippen LogP contribution is 2.36. The van der Waals surface area contributed by atoms with Crippen LogP contribution in [0.4, 0.5) is 0 Å². The van der Waals surface area contributed by atoms with E-state index >= 15 is 0 Å². The molecule has 132 valence electrons. The van der Waals surface area contributed by atoms with Gasteiger partial charge in [-0.2, -0.15) is 5.10 Å². The topological polar surface area (TPSA) is 80.0 Å². The zero-order valence-corrected chi connectivity index (χ0v) is 14.5. The lowest BCUT2D eigenvalue weighted by Gasteiger charge is -2.24. The summed E-state index contributed by atoms with van der Waals surface area (Å²) >= 11 is 0. The number of fused-ring (bicyclic) bond motifs is 1. The van der Waals surface area contributed by atoms with Crippen LogP contribution in [0.3, 0.4) is 0 Å². The number of aromatic nitrogens is 3. The lowest BCUT2D eigenvalue weighted by molar-refractivity contribution is 0.0369. The van der Waals surface area contributed by atoms with Crippen LogP contribution in [0, 0.1) is 0 Å². The molecule has 1 unspecified atom stereocenters. The maximum Gasteiger partial charge on any atom is 0.251 e. The van der Waals surface area contributed by atoms with Crippen LogP contribution in [0.25, 0.3) is 11.4 Å². The summed E-state index contributed by atoms with van der Waals surface area (Å²) in [6, 6.07) is 15.0. The Balaban J connectivity index is 1.44. The minimum absolute atomic E-state index is 0.201. The number of hydrogen-bond acceptors (Lipinski definition) is 4. The maximum atomic E-state index is 12.4. The number of carbonyl (C=O) groups excluding carboxylic acids is 1. The zero-order chi connectivity index (χ0) is 18.1. The molecule has 2 N–H and O–H groups in total. The first kappa shape index (κ1) is 16.5. The number of nitrogens with one attached hydrogen (secondary N) is 1. The van der Waals surface area contributed by atoms with Crippen molar-refractivity contribution < 1.29 is 9.90 Å². The van der Waals surface area contributed by atoms with Crippen molar-refractivity contribution in [2.24, 2.45) is 7.05 Å². The van der Waals surface area contributed by atoms with E-state index in [9.17, 15) is 9.90 Å². The fourth-order valence-corrected chi connectivity index (χ4v) is 3.42. The van der Waals surface area contributed by atoms with Crippen LogP contribution >= 0.6 is 0 Å². The number of nitrogens with zero attached hydrogens (tertiary/aromatic N) is 3. The summed E-state index contributed by atoms with van der Waals surface area (Å²) in [7, 11) is 1.81. The fourth-order valence-electron chi connectivity index (χ4n) is 3.42. The molecule has 0 aliphatic heterocycles. The fraction of sp³-hybridized carbons (Fsp3) is 0.250. The molecule has 26 heavy (non-hydrogen) atoms. The van der Waals surface area contributed by atoms with E-state index in [4.69, 9.17) is 0 Å². The van der Waals surface area contributed by atoms with Gasteiger partial charge in [0.2, 0.25) is 0 Å². The van der Waals surface area contributed by atoms with Crippen molar-refractivity contribution in [2.75, 3.05) is 6.54 Å². The van der Waals surface area contributed by atoms with E-state index in [0.29, 0.717) is 17.8 Å². The standard InChI is InChI=1S/C20H20N4O2/c1-24-13-22-18(23-24)15-6-8-16(9-7-15)19(25)21-12-20(26)11-10-14-4-2-3-5-17(14)20/h2-9,13,26H,10-12H2,1H3,(H,21,25). The SMILES string of the molecule is Cn1cnc(-c2ccc(C(=O)NCC3(O)CCc4ccccc43)cc2)n1. The molecule has 0 saturated heterocycles. The average Bonchev–Trinajstić information content (AvgIpc) is 3.25. The summed E-state index contributed by atoms with van der Waals surface area (Å²) in [5.74, 6) is 0.416. The van der Waals surface area contributed by atoms with Gasteiger partial charge in [0.25, 0.3) is 5.91 Å². The van der Waals surface area contributed by atoms with E-state index in [2.05, 4.69) is 15.4 Å². The minimum Gasteiger partial charge on any atom is -0.383 e. The summed E-state index contributed by atoms with van der Waals surface area (Å²) in [4.78, 5) is 16.6. The molecule has 0 radical (unpaired) electrons. The Morgan fingerprint density at radius 3 is 2.73 bits per heavy atom. The first-order chi connectivity index (χ1) is 12.5. The minimum atomic E-state index is -0.996. The van der Waals surface area contributed by atoms with Crippen LogP contribution in [0.1, 0.15) is 27.9 Å². The molecule has 1 aromatic heterocycles. The molecule has 1 amide bonds. The largest absolute Gasteiger partial charge is 0.383 e. The lowest BCUT2D eigenvalue weighted by Crippen LogP contribution is -2.39. The number of hydrogen-bond donors (Lipinski definition) is 2. The van der Waals surface area contributed by atoms with E-state index in [1.54, 1.807) is 23.1 Å². The molecular formula is C20H20N4O2. The summed E-state index contributed by atoms with van der Waals surface area (Å²) in [6.45, 7) is 0.201. The second-order valence-corrected chi connectivity index (χ2v) is 6.69. The van der Waals surface area contributed by atoms with Crippen LogP contribution in [-0.4, -0.2) is 32.3 Å². The summed E-state index contributed by atoms with van der Waals surface area (Å²) in [5.41, 5.74) is 2.46.